The molecule has 3 nitrogen and oxygen atoms in total. The first-order valence-electron chi connectivity index (χ1n) is 14.8. The van der Waals surface area contributed by atoms with E-state index in [2.05, 4.69) is 0 Å². The fraction of sp³-hybridized carbons (Fsp3) is 0.308. The van der Waals surface area contributed by atoms with Gasteiger partial charge in [-0.25, -0.2) is 0 Å². The summed E-state index contributed by atoms with van der Waals surface area (Å²) in [5.41, 5.74) is 12.3. The Kier molecular flexibility index (Phi) is 11.3. The van der Waals surface area contributed by atoms with Crippen molar-refractivity contribution in [2.45, 2.75) is 55.4 Å². The maximum absolute atomic E-state index is 6.80. The normalized spacial score (nSPS) is 13.3. The molecule has 1 fully saturated rings. The molecule has 20 radical (unpaired) electrons. The second-order valence-corrected chi connectivity index (χ2v) is 11.9. The van der Waals surface area contributed by atoms with Crippen LogP contribution in [0.1, 0.15) is 44.5 Å². The highest BCUT2D eigenvalue weighted by Crippen LogP contribution is 2.16. The van der Waals surface area contributed by atoms with E-state index in [1.165, 1.54) is 7.17 Å². The van der Waals surface area contributed by atoms with Gasteiger partial charge in [-0.3, -0.25) is 0 Å². The van der Waals surface area contributed by atoms with E-state index in [9.17, 15) is 0 Å². The molecule has 0 spiro atoms. The van der Waals surface area contributed by atoms with Crippen LogP contribution >= 0.6 is 0 Å². The molecule has 3 aromatic carbocycles. The molecule has 3 aromatic rings. The van der Waals surface area contributed by atoms with Gasteiger partial charge in [0.15, 0.2) is 0 Å². The van der Waals surface area contributed by atoms with Crippen LogP contribution in [0.3, 0.4) is 0 Å². The van der Waals surface area contributed by atoms with Crippen molar-refractivity contribution in [3.8, 4) is 0 Å². The van der Waals surface area contributed by atoms with E-state index in [4.69, 9.17) is 83.7 Å². The molecule has 194 valence electrons. The molecular weight excluding hydrogens is 533 g/mol. The Labute approximate surface area is 285 Å². The summed E-state index contributed by atoms with van der Waals surface area (Å²) in [5, 5.41) is 0. The summed E-state index contributed by atoms with van der Waals surface area (Å²) in [6, 6.07) is 0. The zero-order chi connectivity index (χ0) is 33.8. The van der Waals surface area contributed by atoms with Crippen LogP contribution in [0.5, 0.6) is 0 Å². The van der Waals surface area contributed by atoms with Crippen LogP contribution in [0.4, 0.5) is 0 Å². The van der Waals surface area contributed by atoms with Crippen molar-refractivity contribution in [2.75, 3.05) is 0 Å². The summed E-state index contributed by atoms with van der Waals surface area (Å²) in [5.74, 6) is 0. The maximum atomic E-state index is 6.80. The predicted octanol–water partition coefficient (Wildman–Crippen LogP) is -7.02. The molecule has 4 rings (SSSR count). The molecule has 0 N–H and O–H groups in total. The van der Waals surface area contributed by atoms with Crippen molar-refractivity contribution >= 4 is 173 Å². The van der Waals surface area contributed by atoms with Crippen molar-refractivity contribution in [3.63, 3.8) is 0 Å². The van der Waals surface area contributed by atoms with Gasteiger partial charge in [0.1, 0.15) is 23.5 Å². The fourth-order valence-corrected chi connectivity index (χ4v) is 6.59. The summed E-state index contributed by atoms with van der Waals surface area (Å²) < 4.78 is 20.0. The van der Waals surface area contributed by atoms with Gasteiger partial charge in [0.25, 0.3) is 0 Å². The first-order chi connectivity index (χ1) is 21.0. The SMILES string of the molecule is [B][B]c1c([B])c([B])c(B2OB(c3c([B])c(C)c(C)c(C)c3B([B])[B])OB(c3c(C)c(C)c([B][B])c(C)c3B([B])[B])O2)c(C)c1C. The standard InChI is InChI=1S/C26H24B16O3/c1-9-10(2)17(27)26(23(13(9)5)38(32)33)42-44-40(22-14(6)12(4)21(37-31)18(28)19(22)29)43-41(45-42)25-15(7)11(3)20(36-30)16(8)24(25)39(34)35/h1-8H3. The number of hydrogen-bond acceptors (Lipinski definition) is 3. The van der Waals surface area contributed by atoms with E-state index in [1.54, 1.807) is 7.17 Å². The first kappa shape index (κ1) is 36.4. The Morgan fingerprint density at radius 1 is 0.444 bits per heavy atom. The van der Waals surface area contributed by atoms with Crippen LogP contribution in [0, 0.1) is 55.4 Å². The zero-order valence-corrected chi connectivity index (χ0v) is 27.5. The van der Waals surface area contributed by atoms with Crippen LogP contribution < -0.4 is 54.6 Å². The van der Waals surface area contributed by atoms with Crippen molar-refractivity contribution < 1.29 is 13.7 Å². The summed E-state index contributed by atoms with van der Waals surface area (Å²) in [7, 11) is 57.2. The van der Waals surface area contributed by atoms with Gasteiger partial charge in [0, 0.05) is 46.4 Å². The second kappa shape index (κ2) is 14.0. The predicted molar refractivity (Wildman–Crippen MR) is 209 cm³/mol. The third-order valence-corrected chi connectivity index (χ3v) is 9.67. The van der Waals surface area contributed by atoms with E-state index in [0.29, 0.717) is 43.7 Å². The number of rotatable bonds is 7. The Morgan fingerprint density at radius 2 is 0.867 bits per heavy atom. The van der Waals surface area contributed by atoms with Crippen molar-refractivity contribution in [2.24, 2.45) is 0 Å². The van der Waals surface area contributed by atoms with Crippen LogP contribution in [0.25, 0.3) is 0 Å². The largest absolute Gasteiger partial charge is 0.466 e. The summed E-state index contributed by atoms with van der Waals surface area (Å²) in [4.78, 5) is 0. The molecule has 1 saturated heterocycles. The summed E-state index contributed by atoms with van der Waals surface area (Å²) in [6.45, 7) is 13.7. The molecule has 0 aliphatic carbocycles. The van der Waals surface area contributed by atoms with Gasteiger partial charge < -0.3 is 13.7 Å². The van der Waals surface area contributed by atoms with Crippen LogP contribution in [-0.2, 0) is 13.7 Å². The lowest BCUT2D eigenvalue weighted by Gasteiger charge is -2.38. The highest BCUT2D eigenvalue weighted by atomic mass is 16.7. The number of benzene rings is 3. The first-order valence-corrected chi connectivity index (χ1v) is 14.8. The highest BCUT2D eigenvalue weighted by Gasteiger charge is 2.47. The quantitative estimate of drug-likeness (QED) is 0.271. The highest BCUT2D eigenvalue weighted by molar-refractivity contribution is 7.37. The molecule has 19 heteroatoms. The minimum absolute atomic E-state index is 0.270. The van der Waals surface area contributed by atoms with E-state index < -0.39 is 34.3 Å². The van der Waals surface area contributed by atoms with Crippen molar-refractivity contribution in [1.82, 2.24) is 0 Å². The Bertz CT molecular complexity index is 1630. The Morgan fingerprint density at radius 3 is 1.36 bits per heavy atom. The lowest BCUT2D eigenvalue weighted by Crippen LogP contribution is -2.72. The zero-order valence-electron chi connectivity index (χ0n) is 27.5. The molecule has 0 bridgehead atoms. The lowest BCUT2D eigenvalue weighted by atomic mass is 9.15. The molecule has 0 atom stereocenters. The average molecular weight is 557 g/mol. The van der Waals surface area contributed by atoms with Gasteiger partial charge in [0.05, 0.1) is 27.3 Å². The molecule has 0 aromatic heterocycles. The van der Waals surface area contributed by atoms with Crippen LogP contribution in [0.2, 0.25) is 0 Å². The Balaban J connectivity index is 2.08. The molecule has 0 saturated carbocycles. The van der Waals surface area contributed by atoms with E-state index in [-0.39, 0.29) is 5.46 Å². The van der Waals surface area contributed by atoms with E-state index >= 15 is 0 Å². The number of hydrogen-bond donors (Lipinski definition) is 0. The second-order valence-electron chi connectivity index (χ2n) is 11.9. The minimum atomic E-state index is -1.10. The van der Waals surface area contributed by atoms with Gasteiger partial charge in [-0.15, -0.1) is 16.4 Å². The lowest BCUT2D eigenvalue weighted by molar-refractivity contribution is 0.309. The molecule has 0 amide bonds. The van der Waals surface area contributed by atoms with E-state index in [0.717, 1.165) is 50.0 Å². The van der Waals surface area contributed by atoms with Crippen LogP contribution in [0.15, 0.2) is 0 Å². The van der Waals surface area contributed by atoms with Gasteiger partial charge in [0.2, 0.25) is 0 Å². The van der Waals surface area contributed by atoms with Crippen molar-refractivity contribution in [1.29, 1.82) is 0 Å². The molecule has 1 heterocycles. The maximum Gasteiger partial charge on any atom is 0.466 e. The molecular formula is C26H24B16O3. The van der Waals surface area contributed by atoms with Crippen molar-refractivity contribution in [3.05, 3.63) is 44.5 Å². The molecule has 45 heavy (non-hydrogen) atoms. The fourth-order valence-electron chi connectivity index (χ4n) is 6.59. The summed E-state index contributed by atoms with van der Waals surface area (Å²) >= 11 is 0. The van der Waals surface area contributed by atoms with Crippen LogP contribution in [-0.4, -0.2) is 119 Å². The molecule has 0 unspecified atom stereocenters. The molecule has 1 aliphatic rings. The molecule has 1 aliphatic heterocycles. The third kappa shape index (κ3) is 6.17. The van der Waals surface area contributed by atoms with Gasteiger partial charge in [-0.05, 0) is 88.5 Å². The van der Waals surface area contributed by atoms with E-state index in [1.807, 2.05) is 55.4 Å². The minimum Gasteiger partial charge on any atom is -0.445 e. The van der Waals surface area contributed by atoms with Gasteiger partial charge >= 0.3 is 21.4 Å². The summed E-state index contributed by atoms with van der Waals surface area (Å²) in [6.07, 6.45) is 0. The van der Waals surface area contributed by atoms with Gasteiger partial charge in [-0.2, -0.15) is 0 Å². The monoisotopic (exact) mass is 560 g/mol. The van der Waals surface area contributed by atoms with Gasteiger partial charge in [-0.1, -0.05) is 49.7 Å². The topological polar surface area (TPSA) is 27.7 Å². The Hall–Kier alpha value is -1.42. The third-order valence-electron chi connectivity index (χ3n) is 9.67. The average Bonchev–Trinajstić information content (AvgIpc) is 2.98. The smallest absolute Gasteiger partial charge is 0.445 e.